The van der Waals surface area contributed by atoms with Crippen LogP contribution < -0.4 is 4.72 Å². The number of carbonyl (C=O) groups is 1. The van der Waals surface area contributed by atoms with E-state index in [0.29, 0.717) is 24.3 Å². The number of rotatable bonds is 5. The number of sulfonamides is 1. The van der Waals surface area contributed by atoms with Crippen LogP contribution in [0.4, 0.5) is 5.69 Å². The molecule has 0 radical (unpaired) electrons. The molecule has 2 aromatic rings. The Morgan fingerprint density at radius 2 is 1.85 bits per heavy atom. The van der Waals surface area contributed by atoms with Crippen molar-refractivity contribution in [2.75, 3.05) is 37.2 Å². The SMILES string of the molecule is CS(=O)(=O)Nc1ccccc1C(=O)N1CCN(Cc2cccnc2)CC1. The topological polar surface area (TPSA) is 82.6 Å². The van der Waals surface area contributed by atoms with Gasteiger partial charge in [0.25, 0.3) is 5.91 Å². The van der Waals surface area contributed by atoms with Crippen LogP contribution in [0.25, 0.3) is 0 Å². The summed E-state index contributed by atoms with van der Waals surface area (Å²) in [6.07, 6.45) is 4.68. The van der Waals surface area contributed by atoms with E-state index >= 15 is 0 Å². The number of pyridine rings is 1. The number of para-hydroxylation sites is 1. The molecule has 7 nitrogen and oxygen atoms in total. The third-order valence-electron chi connectivity index (χ3n) is 4.24. The van der Waals surface area contributed by atoms with Crippen molar-refractivity contribution >= 4 is 21.6 Å². The van der Waals surface area contributed by atoms with Crippen LogP contribution in [0.5, 0.6) is 0 Å². The second-order valence-corrected chi connectivity index (χ2v) is 8.10. The van der Waals surface area contributed by atoms with E-state index in [0.717, 1.165) is 31.5 Å². The highest BCUT2D eigenvalue weighted by molar-refractivity contribution is 7.92. The Hall–Kier alpha value is -2.45. The van der Waals surface area contributed by atoms with Gasteiger partial charge in [0, 0.05) is 45.1 Å². The molecule has 1 aromatic carbocycles. The number of amides is 1. The van der Waals surface area contributed by atoms with Crippen LogP contribution in [-0.2, 0) is 16.6 Å². The number of nitrogens with zero attached hydrogens (tertiary/aromatic N) is 3. The fourth-order valence-electron chi connectivity index (χ4n) is 2.99. The maximum atomic E-state index is 12.8. The molecular formula is C18H22N4O3S. The van der Waals surface area contributed by atoms with Crippen molar-refractivity contribution in [1.82, 2.24) is 14.8 Å². The normalized spacial score (nSPS) is 15.7. The zero-order valence-corrected chi connectivity index (χ0v) is 15.4. The Bertz CT molecular complexity index is 863. The van der Waals surface area contributed by atoms with Crippen molar-refractivity contribution in [2.24, 2.45) is 0 Å². The predicted octanol–water partition coefficient (Wildman–Crippen LogP) is 1.41. The molecule has 0 bridgehead atoms. The van der Waals surface area contributed by atoms with Crippen molar-refractivity contribution < 1.29 is 13.2 Å². The Balaban J connectivity index is 1.64. The molecule has 2 heterocycles. The number of carbonyl (C=O) groups excluding carboxylic acids is 1. The van der Waals surface area contributed by atoms with Gasteiger partial charge in [0.1, 0.15) is 0 Å². The van der Waals surface area contributed by atoms with E-state index in [2.05, 4.69) is 14.6 Å². The monoisotopic (exact) mass is 374 g/mol. The molecule has 0 unspecified atom stereocenters. The molecule has 1 saturated heterocycles. The van der Waals surface area contributed by atoms with E-state index in [1.54, 1.807) is 35.4 Å². The molecule has 0 saturated carbocycles. The Kier molecular flexibility index (Phi) is 5.53. The smallest absolute Gasteiger partial charge is 0.256 e. The van der Waals surface area contributed by atoms with Crippen LogP contribution in [0.3, 0.4) is 0 Å². The van der Waals surface area contributed by atoms with Gasteiger partial charge in [0.15, 0.2) is 0 Å². The first-order valence-electron chi connectivity index (χ1n) is 8.40. The summed E-state index contributed by atoms with van der Waals surface area (Å²) < 4.78 is 25.5. The lowest BCUT2D eigenvalue weighted by Gasteiger charge is -2.35. The fourth-order valence-corrected chi connectivity index (χ4v) is 3.57. The molecule has 1 aliphatic heterocycles. The maximum absolute atomic E-state index is 12.8. The van der Waals surface area contributed by atoms with Crippen LogP contribution in [-0.4, -0.2) is 61.5 Å². The summed E-state index contributed by atoms with van der Waals surface area (Å²) in [4.78, 5) is 21.0. The fraction of sp³-hybridized carbons (Fsp3) is 0.333. The molecule has 138 valence electrons. The predicted molar refractivity (Wildman–Crippen MR) is 100 cm³/mol. The van der Waals surface area contributed by atoms with Gasteiger partial charge < -0.3 is 4.90 Å². The first kappa shape index (κ1) is 18.3. The van der Waals surface area contributed by atoms with Crippen LogP contribution in [0.15, 0.2) is 48.8 Å². The van der Waals surface area contributed by atoms with Crippen LogP contribution in [0.2, 0.25) is 0 Å². The largest absolute Gasteiger partial charge is 0.336 e. The summed E-state index contributed by atoms with van der Waals surface area (Å²) in [6, 6.07) is 10.7. The minimum absolute atomic E-state index is 0.155. The summed E-state index contributed by atoms with van der Waals surface area (Å²) in [5.41, 5.74) is 1.84. The van der Waals surface area contributed by atoms with Gasteiger partial charge >= 0.3 is 0 Å². The molecule has 1 aromatic heterocycles. The number of hydrogen-bond donors (Lipinski definition) is 1. The first-order chi connectivity index (χ1) is 12.4. The van der Waals surface area contributed by atoms with Gasteiger partial charge in [-0.05, 0) is 23.8 Å². The van der Waals surface area contributed by atoms with Gasteiger partial charge in [-0.3, -0.25) is 19.4 Å². The lowest BCUT2D eigenvalue weighted by Crippen LogP contribution is -2.48. The van der Waals surface area contributed by atoms with Gasteiger partial charge in [0.2, 0.25) is 10.0 Å². The van der Waals surface area contributed by atoms with Crippen molar-refractivity contribution in [3.63, 3.8) is 0 Å². The van der Waals surface area contributed by atoms with E-state index in [-0.39, 0.29) is 5.91 Å². The number of anilines is 1. The standard InChI is InChI=1S/C18H22N4O3S/c1-26(24,25)20-17-7-3-2-6-16(17)18(23)22-11-9-21(10-12-22)14-15-5-4-8-19-13-15/h2-8,13,20H,9-12,14H2,1H3. The third kappa shape index (κ3) is 4.80. The highest BCUT2D eigenvalue weighted by Crippen LogP contribution is 2.19. The van der Waals surface area contributed by atoms with Crippen molar-refractivity contribution in [3.8, 4) is 0 Å². The van der Waals surface area contributed by atoms with Gasteiger partial charge in [0.05, 0.1) is 17.5 Å². The quantitative estimate of drug-likeness (QED) is 0.856. The third-order valence-corrected chi connectivity index (χ3v) is 4.83. The molecule has 3 rings (SSSR count). The molecule has 1 fully saturated rings. The van der Waals surface area contributed by atoms with Gasteiger partial charge in [-0.1, -0.05) is 18.2 Å². The van der Waals surface area contributed by atoms with Gasteiger partial charge in [-0.25, -0.2) is 8.42 Å². The average Bonchev–Trinajstić information content (AvgIpc) is 2.62. The Labute approximate surface area is 153 Å². The van der Waals surface area contributed by atoms with Crippen molar-refractivity contribution in [3.05, 3.63) is 59.9 Å². The molecule has 1 N–H and O–H groups in total. The van der Waals surface area contributed by atoms with E-state index in [1.165, 1.54) is 0 Å². The first-order valence-corrected chi connectivity index (χ1v) is 10.3. The van der Waals surface area contributed by atoms with Gasteiger partial charge in [-0.2, -0.15) is 0 Å². The zero-order valence-electron chi connectivity index (χ0n) is 14.6. The maximum Gasteiger partial charge on any atom is 0.256 e. The number of nitrogens with one attached hydrogen (secondary N) is 1. The second-order valence-electron chi connectivity index (χ2n) is 6.35. The number of benzene rings is 1. The van der Waals surface area contributed by atoms with Crippen LogP contribution in [0.1, 0.15) is 15.9 Å². The molecule has 26 heavy (non-hydrogen) atoms. The summed E-state index contributed by atoms with van der Waals surface area (Å²) >= 11 is 0. The number of piperazine rings is 1. The summed E-state index contributed by atoms with van der Waals surface area (Å²) in [6.45, 7) is 3.55. The Morgan fingerprint density at radius 1 is 1.12 bits per heavy atom. The van der Waals surface area contributed by atoms with E-state index in [4.69, 9.17) is 0 Å². The van der Waals surface area contributed by atoms with Crippen molar-refractivity contribution in [2.45, 2.75) is 6.54 Å². The lowest BCUT2D eigenvalue weighted by atomic mass is 10.1. The van der Waals surface area contributed by atoms with Gasteiger partial charge in [-0.15, -0.1) is 0 Å². The van der Waals surface area contributed by atoms with E-state index in [1.807, 2.05) is 18.3 Å². The molecular weight excluding hydrogens is 352 g/mol. The molecule has 1 amide bonds. The number of hydrogen-bond acceptors (Lipinski definition) is 5. The highest BCUT2D eigenvalue weighted by atomic mass is 32.2. The minimum Gasteiger partial charge on any atom is -0.336 e. The molecule has 0 aliphatic carbocycles. The lowest BCUT2D eigenvalue weighted by molar-refractivity contribution is 0.0629. The zero-order chi connectivity index (χ0) is 18.6. The van der Waals surface area contributed by atoms with Crippen LogP contribution in [0, 0.1) is 0 Å². The number of aromatic nitrogens is 1. The second kappa shape index (κ2) is 7.84. The van der Waals surface area contributed by atoms with Crippen LogP contribution >= 0.6 is 0 Å². The average molecular weight is 374 g/mol. The summed E-state index contributed by atoms with van der Waals surface area (Å²) in [7, 11) is -3.44. The molecule has 0 atom stereocenters. The molecule has 0 spiro atoms. The molecule has 8 heteroatoms. The van der Waals surface area contributed by atoms with Crippen molar-refractivity contribution in [1.29, 1.82) is 0 Å². The Morgan fingerprint density at radius 3 is 2.50 bits per heavy atom. The molecule has 1 aliphatic rings. The van der Waals surface area contributed by atoms with E-state index in [9.17, 15) is 13.2 Å². The highest BCUT2D eigenvalue weighted by Gasteiger charge is 2.24. The summed E-state index contributed by atoms with van der Waals surface area (Å²) in [5, 5.41) is 0. The summed E-state index contributed by atoms with van der Waals surface area (Å²) in [5.74, 6) is -0.155. The minimum atomic E-state index is -3.44. The van der Waals surface area contributed by atoms with E-state index < -0.39 is 10.0 Å².